The number of hydrogen-bond donors (Lipinski definition) is 1. The molecule has 0 aromatic heterocycles. The molecule has 1 N–H and O–H groups in total. The first-order chi connectivity index (χ1) is 8.52. The van der Waals surface area contributed by atoms with Crippen molar-refractivity contribution in [2.24, 2.45) is 0 Å². The Labute approximate surface area is 104 Å². The molecular weight excluding hydrogens is 242 g/mol. The van der Waals surface area contributed by atoms with Crippen LogP contribution in [-0.4, -0.2) is 61.3 Å². The van der Waals surface area contributed by atoms with Gasteiger partial charge >= 0.3 is 17.9 Å². The first kappa shape index (κ1) is 14.2. The van der Waals surface area contributed by atoms with Crippen LogP contribution in [0.4, 0.5) is 0 Å². The van der Waals surface area contributed by atoms with Crippen molar-refractivity contribution < 1.29 is 29.0 Å². The number of morpholine rings is 1. The molecule has 0 aromatic carbocycles. The van der Waals surface area contributed by atoms with Crippen LogP contribution in [0.3, 0.4) is 0 Å². The fraction of sp³-hybridized carbons (Fsp3) is 0.545. The maximum Gasteiger partial charge on any atom is 0.334 e. The molecule has 1 fully saturated rings. The van der Waals surface area contributed by atoms with Gasteiger partial charge in [-0.2, -0.15) is 0 Å². The third-order valence-electron chi connectivity index (χ3n) is 2.47. The molecule has 7 heteroatoms. The van der Waals surface area contributed by atoms with Gasteiger partial charge in [0, 0.05) is 24.7 Å². The highest BCUT2D eigenvalue weighted by molar-refractivity contribution is 5.95. The molecule has 0 saturated carbocycles. The van der Waals surface area contributed by atoms with E-state index in [0.29, 0.717) is 19.7 Å². The monoisotopic (exact) mass is 257 g/mol. The average molecular weight is 257 g/mol. The van der Waals surface area contributed by atoms with Crippen LogP contribution in [-0.2, 0) is 23.9 Å². The quantitative estimate of drug-likeness (QED) is 0.520. The standard InChI is InChI=1S/C11H15NO6/c1-17-11(16)8(6-9(13)14)2-3-12-4-5-18-10(15)7-12/h6H,2-5,7H2,1H3,(H,13,14). The van der Waals surface area contributed by atoms with E-state index >= 15 is 0 Å². The Bertz CT molecular complexity index is 376. The van der Waals surface area contributed by atoms with E-state index in [9.17, 15) is 14.4 Å². The number of carbonyl (C=O) groups excluding carboxylic acids is 2. The Morgan fingerprint density at radius 1 is 1.56 bits per heavy atom. The predicted octanol–water partition coefficient (Wildman–Crippen LogP) is -0.581. The molecule has 1 saturated heterocycles. The Hall–Kier alpha value is -1.89. The summed E-state index contributed by atoms with van der Waals surface area (Å²) in [5, 5.41) is 8.64. The molecule has 0 atom stereocenters. The zero-order chi connectivity index (χ0) is 13.5. The number of nitrogens with zero attached hydrogens (tertiary/aromatic N) is 1. The lowest BCUT2D eigenvalue weighted by molar-refractivity contribution is -0.150. The molecule has 1 rings (SSSR count). The first-order valence-electron chi connectivity index (χ1n) is 5.42. The molecule has 0 radical (unpaired) electrons. The van der Waals surface area contributed by atoms with Gasteiger partial charge in [-0.05, 0) is 6.42 Å². The molecule has 18 heavy (non-hydrogen) atoms. The second kappa shape index (κ2) is 6.75. The molecule has 0 unspecified atom stereocenters. The van der Waals surface area contributed by atoms with E-state index in [1.54, 1.807) is 4.90 Å². The zero-order valence-electron chi connectivity index (χ0n) is 10.0. The normalized spacial score (nSPS) is 17.2. The summed E-state index contributed by atoms with van der Waals surface area (Å²) < 4.78 is 9.26. The number of rotatable bonds is 5. The van der Waals surface area contributed by atoms with Crippen LogP contribution < -0.4 is 0 Å². The maximum absolute atomic E-state index is 11.3. The Morgan fingerprint density at radius 3 is 2.83 bits per heavy atom. The molecule has 0 amide bonds. The Morgan fingerprint density at radius 2 is 2.28 bits per heavy atom. The third-order valence-corrected chi connectivity index (χ3v) is 2.47. The predicted molar refractivity (Wildman–Crippen MR) is 59.8 cm³/mol. The van der Waals surface area contributed by atoms with Crippen LogP contribution in [0.25, 0.3) is 0 Å². The van der Waals surface area contributed by atoms with Gasteiger partial charge < -0.3 is 14.6 Å². The van der Waals surface area contributed by atoms with Crippen LogP contribution in [0.2, 0.25) is 0 Å². The van der Waals surface area contributed by atoms with Crippen LogP contribution in [0.1, 0.15) is 6.42 Å². The van der Waals surface area contributed by atoms with E-state index in [0.717, 1.165) is 6.08 Å². The molecule has 0 bridgehead atoms. The lowest BCUT2D eigenvalue weighted by Gasteiger charge is -2.25. The highest BCUT2D eigenvalue weighted by Crippen LogP contribution is 2.07. The minimum Gasteiger partial charge on any atom is -0.478 e. The largest absolute Gasteiger partial charge is 0.478 e. The van der Waals surface area contributed by atoms with Crippen LogP contribution in [0, 0.1) is 0 Å². The van der Waals surface area contributed by atoms with Crippen molar-refractivity contribution in [2.75, 3.05) is 33.4 Å². The van der Waals surface area contributed by atoms with E-state index < -0.39 is 11.9 Å². The van der Waals surface area contributed by atoms with Crippen molar-refractivity contribution in [3.8, 4) is 0 Å². The summed E-state index contributed by atoms with van der Waals surface area (Å²) >= 11 is 0. The number of aliphatic carboxylic acids is 1. The minimum absolute atomic E-state index is 0.0731. The topological polar surface area (TPSA) is 93.1 Å². The molecule has 0 spiro atoms. The summed E-state index contributed by atoms with van der Waals surface area (Å²) in [7, 11) is 1.19. The average Bonchev–Trinajstić information content (AvgIpc) is 2.33. The summed E-state index contributed by atoms with van der Waals surface area (Å²) in [6.07, 6.45) is 1.04. The molecule has 0 aromatic rings. The minimum atomic E-state index is -1.20. The summed E-state index contributed by atoms with van der Waals surface area (Å²) in [4.78, 5) is 34.7. The number of hydrogen-bond acceptors (Lipinski definition) is 6. The molecular formula is C11H15NO6. The van der Waals surface area contributed by atoms with Gasteiger partial charge in [-0.1, -0.05) is 0 Å². The van der Waals surface area contributed by atoms with Gasteiger partial charge in [-0.3, -0.25) is 9.69 Å². The van der Waals surface area contributed by atoms with Crippen molar-refractivity contribution in [1.82, 2.24) is 4.90 Å². The lowest BCUT2D eigenvalue weighted by atomic mass is 10.1. The van der Waals surface area contributed by atoms with E-state index in [4.69, 9.17) is 9.84 Å². The van der Waals surface area contributed by atoms with E-state index in [-0.39, 0.29) is 24.5 Å². The van der Waals surface area contributed by atoms with Crippen LogP contribution in [0.5, 0.6) is 0 Å². The number of carboxylic acid groups (broad SMARTS) is 1. The first-order valence-corrected chi connectivity index (χ1v) is 5.42. The SMILES string of the molecule is COC(=O)C(=CC(=O)O)CCN1CCOC(=O)C1. The van der Waals surface area contributed by atoms with Crippen molar-refractivity contribution in [3.63, 3.8) is 0 Å². The van der Waals surface area contributed by atoms with Gasteiger partial charge in [-0.15, -0.1) is 0 Å². The molecule has 100 valence electrons. The van der Waals surface area contributed by atoms with E-state index in [2.05, 4.69) is 4.74 Å². The maximum atomic E-state index is 11.3. The Kier molecular flexibility index (Phi) is 5.31. The Balaban J connectivity index is 2.54. The summed E-state index contributed by atoms with van der Waals surface area (Å²) in [6, 6.07) is 0. The van der Waals surface area contributed by atoms with Crippen LogP contribution in [0.15, 0.2) is 11.6 Å². The zero-order valence-corrected chi connectivity index (χ0v) is 10.0. The van der Waals surface area contributed by atoms with Crippen molar-refractivity contribution in [3.05, 3.63) is 11.6 Å². The summed E-state index contributed by atoms with van der Waals surface area (Å²) in [5.41, 5.74) is 0.0731. The van der Waals surface area contributed by atoms with Crippen LogP contribution >= 0.6 is 0 Å². The van der Waals surface area contributed by atoms with Gasteiger partial charge in [0.05, 0.1) is 13.7 Å². The number of carboxylic acids is 1. The number of cyclic esters (lactones) is 1. The van der Waals surface area contributed by atoms with Crippen molar-refractivity contribution in [2.45, 2.75) is 6.42 Å². The number of ether oxygens (including phenoxy) is 2. The van der Waals surface area contributed by atoms with Gasteiger partial charge in [0.1, 0.15) is 6.61 Å². The third kappa shape index (κ3) is 4.54. The van der Waals surface area contributed by atoms with Crippen molar-refractivity contribution >= 4 is 17.9 Å². The second-order valence-electron chi connectivity index (χ2n) is 3.75. The van der Waals surface area contributed by atoms with Gasteiger partial charge in [0.25, 0.3) is 0 Å². The lowest BCUT2D eigenvalue weighted by Crippen LogP contribution is -2.40. The number of methoxy groups -OCH3 is 1. The number of carbonyl (C=O) groups is 3. The van der Waals surface area contributed by atoms with Gasteiger partial charge in [0.15, 0.2) is 0 Å². The highest BCUT2D eigenvalue weighted by Gasteiger charge is 2.19. The molecule has 1 aliphatic rings. The fourth-order valence-corrected chi connectivity index (χ4v) is 1.58. The fourth-order valence-electron chi connectivity index (χ4n) is 1.58. The second-order valence-corrected chi connectivity index (χ2v) is 3.75. The molecule has 1 heterocycles. The molecule has 7 nitrogen and oxygen atoms in total. The summed E-state index contributed by atoms with van der Waals surface area (Å²) in [5.74, 6) is -2.19. The molecule has 0 aliphatic carbocycles. The number of esters is 2. The van der Waals surface area contributed by atoms with E-state index in [1.807, 2.05) is 0 Å². The smallest absolute Gasteiger partial charge is 0.334 e. The van der Waals surface area contributed by atoms with E-state index in [1.165, 1.54) is 7.11 Å². The summed E-state index contributed by atoms with van der Waals surface area (Å²) in [6.45, 7) is 1.45. The highest BCUT2D eigenvalue weighted by atomic mass is 16.5. The van der Waals surface area contributed by atoms with Crippen molar-refractivity contribution in [1.29, 1.82) is 0 Å². The molecule has 1 aliphatic heterocycles. The van der Waals surface area contributed by atoms with Gasteiger partial charge in [-0.25, -0.2) is 9.59 Å². The van der Waals surface area contributed by atoms with Gasteiger partial charge in [0.2, 0.25) is 0 Å².